The smallest absolute Gasteiger partial charge is 0.274 e. The second-order valence-corrected chi connectivity index (χ2v) is 7.17. The van der Waals surface area contributed by atoms with Gasteiger partial charge in [0.15, 0.2) is 11.5 Å². The maximum absolute atomic E-state index is 11.3. The molecule has 3 rings (SSSR count). The van der Waals surface area contributed by atoms with Crippen LogP contribution in [0, 0.1) is 30.9 Å². The minimum Gasteiger partial charge on any atom is -0.493 e. The summed E-state index contributed by atoms with van der Waals surface area (Å²) < 4.78 is 12.6. The summed E-state index contributed by atoms with van der Waals surface area (Å²) in [6, 6.07) is 13.0. The first-order chi connectivity index (χ1) is 14.8. The van der Waals surface area contributed by atoms with Gasteiger partial charge in [0.25, 0.3) is 5.69 Å². The van der Waals surface area contributed by atoms with Crippen molar-refractivity contribution >= 4 is 11.9 Å². The second-order valence-electron chi connectivity index (χ2n) is 7.17. The summed E-state index contributed by atoms with van der Waals surface area (Å²) in [4.78, 5) is 10.9. The predicted octanol–water partition coefficient (Wildman–Crippen LogP) is 4.45. The number of hydrazone groups is 1. The van der Waals surface area contributed by atoms with Gasteiger partial charge in [-0.2, -0.15) is 5.10 Å². The first-order valence-electron chi connectivity index (χ1n) is 9.77. The lowest BCUT2D eigenvalue weighted by molar-refractivity contribution is -0.385. The molecule has 0 aliphatic rings. The molecule has 0 aliphatic heterocycles. The third kappa shape index (κ3) is 4.69. The average Bonchev–Trinajstić information content (AvgIpc) is 3.04. The molecule has 8 heteroatoms. The van der Waals surface area contributed by atoms with Crippen molar-refractivity contribution in [2.75, 3.05) is 14.2 Å². The molecule has 0 saturated heterocycles. The van der Waals surface area contributed by atoms with Gasteiger partial charge in [-0.25, -0.2) is 0 Å². The molecule has 162 valence electrons. The number of nitro groups is 1. The van der Waals surface area contributed by atoms with Crippen LogP contribution in [-0.2, 0) is 6.54 Å². The SMILES string of the molecule is COc1ccc(CN/N=C/c2cc(C)n(-c3ccc(C)c([N+](=O)[O-])c3)c2C)cc1OC. The summed E-state index contributed by atoms with van der Waals surface area (Å²) in [7, 11) is 3.21. The topological polar surface area (TPSA) is 90.9 Å². The van der Waals surface area contributed by atoms with Gasteiger partial charge in [0, 0.05) is 28.6 Å². The van der Waals surface area contributed by atoms with Gasteiger partial charge in [-0.3, -0.25) is 10.1 Å². The number of nitro benzene ring substituents is 1. The molecule has 31 heavy (non-hydrogen) atoms. The zero-order valence-electron chi connectivity index (χ0n) is 18.3. The summed E-state index contributed by atoms with van der Waals surface area (Å²) in [5.74, 6) is 1.35. The van der Waals surface area contributed by atoms with Crippen molar-refractivity contribution in [1.82, 2.24) is 9.99 Å². The molecule has 2 aromatic carbocycles. The molecule has 8 nitrogen and oxygen atoms in total. The summed E-state index contributed by atoms with van der Waals surface area (Å²) in [6.07, 6.45) is 1.75. The van der Waals surface area contributed by atoms with Crippen LogP contribution in [0.15, 0.2) is 47.6 Å². The molecule has 0 fully saturated rings. The van der Waals surface area contributed by atoms with Gasteiger partial charge in [-0.15, -0.1) is 0 Å². The molecule has 1 heterocycles. The minimum atomic E-state index is -0.354. The summed E-state index contributed by atoms with van der Waals surface area (Å²) >= 11 is 0. The normalized spacial score (nSPS) is 11.0. The molecule has 0 aliphatic carbocycles. The molecule has 0 atom stereocenters. The van der Waals surface area contributed by atoms with Gasteiger partial charge in [-0.1, -0.05) is 12.1 Å². The number of ether oxygens (including phenoxy) is 2. The lowest BCUT2D eigenvalue weighted by Gasteiger charge is -2.10. The van der Waals surface area contributed by atoms with Crippen LogP contribution in [0.4, 0.5) is 5.69 Å². The average molecular weight is 422 g/mol. The third-order valence-electron chi connectivity index (χ3n) is 5.14. The van der Waals surface area contributed by atoms with E-state index < -0.39 is 0 Å². The monoisotopic (exact) mass is 422 g/mol. The fraction of sp³-hybridized carbons (Fsp3) is 0.261. The Morgan fingerprint density at radius 3 is 2.48 bits per heavy atom. The number of rotatable bonds is 8. The van der Waals surface area contributed by atoms with Crippen LogP contribution >= 0.6 is 0 Å². The van der Waals surface area contributed by atoms with Crippen molar-refractivity contribution in [1.29, 1.82) is 0 Å². The quantitative estimate of drug-likeness (QED) is 0.329. The molecular weight excluding hydrogens is 396 g/mol. The number of nitrogens with zero attached hydrogens (tertiary/aromatic N) is 3. The molecule has 1 N–H and O–H groups in total. The van der Waals surface area contributed by atoms with Crippen LogP contribution < -0.4 is 14.9 Å². The Labute approximate surface area is 181 Å². The first-order valence-corrected chi connectivity index (χ1v) is 9.77. The highest BCUT2D eigenvalue weighted by Gasteiger charge is 2.15. The Hall–Kier alpha value is -3.81. The number of methoxy groups -OCH3 is 2. The van der Waals surface area contributed by atoms with Gasteiger partial charge >= 0.3 is 0 Å². The molecule has 0 radical (unpaired) electrons. The third-order valence-corrected chi connectivity index (χ3v) is 5.14. The van der Waals surface area contributed by atoms with E-state index in [0.717, 1.165) is 28.2 Å². The van der Waals surface area contributed by atoms with Crippen LogP contribution in [0.3, 0.4) is 0 Å². The molecule has 0 unspecified atom stereocenters. The van der Waals surface area contributed by atoms with Crippen LogP contribution in [-0.4, -0.2) is 29.9 Å². The summed E-state index contributed by atoms with van der Waals surface area (Å²) in [6.45, 7) is 6.20. The molecule has 0 saturated carbocycles. The molecule has 3 aromatic rings. The van der Waals surface area contributed by atoms with Crippen molar-refractivity contribution in [3.63, 3.8) is 0 Å². The van der Waals surface area contributed by atoms with Crippen LogP contribution in [0.25, 0.3) is 5.69 Å². The minimum absolute atomic E-state index is 0.108. The van der Waals surface area contributed by atoms with E-state index in [-0.39, 0.29) is 10.6 Å². The van der Waals surface area contributed by atoms with Crippen molar-refractivity contribution < 1.29 is 14.4 Å². The van der Waals surface area contributed by atoms with Gasteiger partial charge in [0.05, 0.1) is 37.6 Å². The summed E-state index contributed by atoms with van der Waals surface area (Å²) in [5, 5.41) is 15.6. The van der Waals surface area contributed by atoms with E-state index in [1.54, 1.807) is 39.5 Å². The number of nitrogens with one attached hydrogen (secondary N) is 1. The van der Waals surface area contributed by atoms with Crippen molar-refractivity contribution in [3.05, 3.63) is 80.7 Å². The lowest BCUT2D eigenvalue weighted by atomic mass is 10.2. The van der Waals surface area contributed by atoms with E-state index >= 15 is 0 Å². The van der Waals surface area contributed by atoms with Crippen LogP contribution in [0.1, 0.15) is 28.1 Å². The maximum Gasteiger partial charge on any atom is 0.274 e. The number of aryl methyl sites for hydroxylation is 2. The second kappa shape index (κ2) is 9.34. The van der Waals surface area contributed by atoms with Crippen molar-refractivity contribution in [3.8, 4) is 17.2 Å². The molecule has 1 aromatic heterocycles. The van der Waals surface area contributed by atoms with Gasteiger partial charge < -0.3 is 19.5 Å². The lowest BCUT2D eigenvalue weighted by Crippen LogP contribution is -2.06. The van der Waals surface area contributed by atoms with E-state index in [2.05, 4.69) is 10.5 Å². The Balaban J connectivity index is 1.76. The number of hydrogen-bond donors (Lipinski definition) is 1. The summed E-state index contributed by atoms with van der Waals surface area (Å²) in [5.41, 5.74) is 8.40. The predicted molar refractivity (Wildman–Crippen MR) is 121 cm³/mol. The van der Waals surface area contributed by atoms with E-state index in [1.165, 1.54) is 0 Å². The van der Waals surface area contributed by atoms with E-state index in [0.29, 0.717) is 23.6 Å². The fourth-order valence-corrected chi connectivity index (χ4v) is 3.49. The van der Waals surface area contributed by atoms with Gasteiger partial charge in [0.2, 0.25) is 0 Å². The largest absolute Gasteiger partial charge is 0.493 e. The van der Waals surface area contributed by atoms with Gasteiger partial charge in [0.1, 0.15) is 0 Å². The Morgan fingerprint density at radius 1 is 1.06 bits per heavy atom. The molecule has 0 bridgehead atoms. The number of aromatic nitrogens is 1. The number of benzene rings is 2. The Kier molecular flexibility index (Phi) is 6.59. The van der Waals surface area contributed by atoms with E-state index in [9.17, 15) is 10.1 Å². The van der Waals surface area contributed by atoms with Crippen LogP contribution in [0.5, 0.6) is 11.5 Å². The van der Waals surface area contributed by atoms with Crippen molar-refractivity contribution in [2.45, 2.75) is 27.3 Å². The van der Waals surface area contributed by atoms with Crippen molar-refractivity contribution in [2.24, 2.45) is 5.10 Å². The standard InChI is InChI=1S/C23H26N4O4/c1-15-6-8-20(12-21(15)27(28)29)26-16(2)10-19(17(26)3)14-25-24-13-18-7-9-22(30-4)23(11-18)31-5/h6-12,14,24H,13H2,1-5H3/b25-14+. The number of hydrogen-bond acceptors (Lipinski definition) is 6. The first kappa shape index (κ1) is 21.9. The van der Waals surface area contributed by atoms with Crippen LogP contribution in [0.2, 0.25) is 0 Å². The Bertz CT molecular complexity index is 1130. The molecular formula is C23H26N4O4. The maximum atomic E-state index is 11.3. The molecule has 0 amide bonds. The fourth-order valence-electron chi connectivity index (χ4n) is 3.49. The highest BCUT2D eigenvalue weighted by Crippen LogP contribution is 2.28. The highest BCUT2D eigenvalue weighted by atomic mass is 16.6. The van der Waals surface area contributed by atoms with Gasteiger partial charge in [-0.05, 0) is 50.6 Å². The zero-order valence-corrected chi connectivity index (χ0v) is 18.3. The van der Waals surface area contributed by atoms with E-state index in [4.69, 9.17) is 9.47 Å². The van der Waals surface area contributed by atoms with E-state index in [1.807, 2.05) is 48.7 Å². The zero-order chi connectivity index (χ0) is 22.5. The highest BCUT2D eigenvalue weighted by molar-refractivity contribution is 5.82. The Morgan fingerprint density at radius 2 is 1.81 bits per heavy atom. The molecule has 0 spiro atoms.